The number of ether oxygens (including phenoxy) is 1. The fourth-order valence-corrected chi connectivity index (χ4v) is 4.02. The number of fused-ring (bicyclic) bond motifs is 5. The Morgan fingerprint density at radius 1 is 1.21 bits per heavy atom. The molecular weight excluding hydrogens is 246 g/mol. The van der Waals surface area contributed by atoms with E-state index in [4.69, 9.17) is 4.74 Å². The first-order valence-electron chi connectivity index (χ1n) is 7.14. The Kier molecular flexibility index (Phi) is 3.07. The van der Waals surface area contributed by atoms with Gasteiger partial charge in [0.05, 0.1) is 18.4 Å². The van der Waals surface area contributed by atoms with E-state index in [1.807, 2.05) is 6.92 Å². The van der Waals surface area contributed by atoms with Gasteiger partial charge in [0, 0.05) is 0 Å². The van der Waals surface area contributed by atoms with E-state index in [9.17, 15) is 14.4 Å². The average molecular weight is 265 g/mol. The van der Waals surface area contributed by atoms with E-state index < -0.39 is 5.97 Å². The van der Waals surface area contributed by atoms with E-state index in [1.165, 1.54) is 0 Å². The summed E-state index contributed by atoms with van der Waals surface area (Å²) in [6.07, 6.45) is 3.86. The van der Waals surface area contributed by atoms with Gasteiger partial charge in [0.1, 0.15) is 6.54 Å². The van der Waals surface area contributed by atoms with Gasteiger partial charge in [0.25, 0.3) is 0 Å². The van der Waals surface area contributed by atoms with Crippen LogP contribution in [0.25, 0.3) is 0 Å². The van der Waals surface area contributed by atoms with Crippen LogP contribution in [0.2, 0.25) is 0 Å². The van der Waals surface area contributed by atoms with Crippen LogP contribution in [0.3, 0.4) is 0 Å². The summed E-state index contributed by atoms with van der Waals surface area (Å²) < 4.78 is 4.96. The van der Waals surface area contributed by atoms with Crippen LogP contribution in [-0.2, 0) is 19.1 Å². The second-order valence-corrected chi connectivity index (χ2v) is 5.87. The fourth-order valence-electron chi connectivity index (χ4n) is 4.02. The molecule has 0 aromatic carbocycles. The number of carbonyl (C=O) groups is 3. The summed E-state index contributed by atoms with van der Waals surface area (Å²) in [6, 6.07) is 0. The van der Waals surface area contributed by atoms with Crippen LogP contribution >= 0.6 is 0 Å². The number of likely N-dealkylation sites (tertiary alicyclic amines) is 1. The largest absolute Gasteiger partial charge is 0.464 e. The topological polar surface area (TPSA) is 63.7 Å². The molecular formula is C14H19NO4. The number of amides is 2. The monoisotopic (exact) mass is 265 g/mol. The lowest BCUT2D eigenvalue weighted by Crippen LogP contribution is -2.38. The molecule has 2 bridgehead atoms. The highest BCUT2D eigenvalue weighted by molar-refractivity contribution is 6.07. The summed E-state index contributed by atoms with van der Waals surface area (Å²) in [4.78, 5) is 37.3. The Morgan fingerprint density at radius 2 is 1.79 bits per heavy atom. The molecule has 1 aliphatic heterocycles. The van der Waals surface area contributed by atoms with E-state index in [0.717, 1.165) is 30.6 Å². The van der Waals surface area contributed by atoms with E-state index in [2.05, 4.69) is 0 Å². The van der Waals surface area contributed by atoms with Gasteiger partial charge in [-0.2, -0.15) is 0 Å². The Balaban J connectivity index is 1.69. The Bertz CT molecular complexity index is 405. The molecule has 3 aliphatic rings. The van der Waals surface area contributed by atoms with Crippen LogP contribution in [0.5, 0.6) is 0 Å². The molecule has 1 saturated heterocycles. The minimum atomic E-state index is -0.476. The van der Waals surface area contributed by atoms with Crippen molar-refractivity contribution in [3.8, 4) is 0 Å². The molecule has 4 atom stereocenters. The van der Waals surface area contributed by atoms with Crippen LogP contribution in [0.4, 0.5) is 0 Å². The zero-order valence-corrected chi connectivity index (χ0v) is 11.1. The third-order valence-electron chi connectivity index (χ3n) is 4.77. The molecule has 0 radical (unpaired) electrons. The van der Waals surface area contributed by atoms with E-state index in [1.54, 1.807) is 0 Å². The highest BCUT2D eigenvalue weighted by atomic mass is 16.5. The van der Waals surface area contributed by atoms with Gasteiger partial charge in [-0.1, -0.05) is 6.92 Å². The number of hydrogen-bond acceptors (Lipinski definition) is 4. The van der Waals surface area contributed by atoms with Crippen molar-refractivity contribution < 1.29 is 19.1 Å². The Labute approximate surface area is 112 Å². The summed E-state index contributed by atoms with van der Waals surface area (Å²) >= 11 is 0. The maximum atomic E-state index is 12.3. The summed E-state index contributed by atoms with van der Waals surface area (Å²) in [6.45, 7) is 2.04. The minimum Gasteiger partial charge on any atom is -0.464 e. The van der Waals surface area contributed by atoms with Crippen molar-refractivity contribution in [3.63, 3.8) is 0 Å². The smallest absolute Gasteiger partial charge is 0.326 e. The number of rotatable bonds is 4. The summed E-state index contributed by atoms with van der Waals surface area (Å²) in [5.74, 6) is -0.330. The molecule has 104 valence electrons. The van der Waals surface area contributed by atoms with Gasteiger partial charge in [0.15, 0.2) is 0 Å². The van der Waals surface area contributed by atoms with Crippen LogP contribution < -0.4 is 0 Å². The maximum absolute atomic E-state index is 12.3. The standard InChI is InChI=1S/C14H19NO4/c1-2-5-19-10(16)7-15-13(17)11-8-3-4-9(6-8)12(11)14(15)18/h8-9,11-12H,2-7H2,1H3/t8-,9-,11-,12+/m0/s1. The average Bonchev–Trinajstić information content (AvgIpc) is 3.06. The number of hydrogen-bond donors (Lipinski definition) is 0. The molecule has 2 saturated carbocycles. The second kappa shape index (κ2) is 4.62. The first-order valence-corrected chi connectivity index (χ1v) is 7.14. The zero-order chi connectivity index (χ0) is 13.6. The molecule has 5 nitrogen and oxygen atoms in total. The first kappa shape index (κ1) is 12.6. The fraction of sp³-hybridized carbons (Fsp3) is 0.786. The van der Waals surface area contributed by atoms with Gasteiger partial charge in [-0.15, -0.1) is 0 Å². The van der Waals surface area contributed by atoms with Crippen molar-refractivity contribution in [1.82, 2.24) is 4.90 Å². The van der Waals surface area contributed by atoms with E-state index in [-0.39, 0.29) is 30.2 Å². The molecule has 0 aromatic heterocycles. The normalized spacial score (nSPS) is 35.9. The first-order chi connectivity index (χ1) is 9.13. The molecule has 1 heterocycles. The predicted octanol–water partition coefficient (Wildman–Crippen LogP) is 0.971. The van der Waals surface area contributed by atoms with Crippen molar-refractivity contribution in [2.45, 2.75) is 32.6 Å². The van der Waals surface area contributed by atoms with Gasteiger partial charge < -0.3 is 4.74 Å². The molecule has 0 aromatic rings. The number of nitrogens with zero attached hydrogens (tertiary/aromatic N) is 1. The molecule has 0 spiro atoms. The molecule has 0 N–H and O–H groups in total. The third kappa shape index (κ3) is 1.86. The summed E-state index contributed by atoms with van der Waals surface area (Å²) in [7, 11) is 0. The quantitative estimate of drug-likeness (QED) is 0.561. The molecule has 0 unspecified atom stereocenters. The van der Waals surface area contributed by atoms with E-state index in [0.29, 0.717) is 18.4 Å². The summed E-state index contributed by atoms with van der Waals surface area (Å²) in [5.41, 5.74) is 0. The van der Waals surface area contributed by atoms with Crippen molar-refractivity contribution in [2.24, 2.45) is 23.7 Å². The van der Waals surface area contributed by atoms with Crippen molar-refractivity contribution >= 4 is 17.8 Å². The van der Waals surface area contributed by atoms with Gasteiger partial charge in [-0.25, -0.2) is 0 Å². The number of carbonyl (C=O) groups excluding carboxylic acids is 3. The molecule has 19 heavy (non-hydrogen) atoms. The van der Waals surface area contributed by atoms with Gasteiger partial charge in [0.2, 0.25) is 11.8 Å². The van der Waals surface area contributed by atoms with Gasteiger partial charge in [-0.05, 0) is 37.5 Å². The van der Waals surface area contributed by atoms with Crippen LogP contribution in [-0.4, -0.2) is 35.8 Å². The lowest BCUT2D eigenvalue weighted by Gasteiger charge is -2.19. The molecule has 2 amide bonds. The van der Waals surface area contributed by atoms with Crippen LogP contribution in [0.15, 0.2) is 0 Å². The zero-order valence-electron chi connectivity index (χ0n) is 11.1. The SMILES string of the molecule is CCCOC(=O)CN1C(=O)[C@@H]2[C@H]3CC[C@@H](C3)[C@@H]2C1=O. The van der Waals surface area contributed by atoms with Crippen LogP contribution in [0, 0.1) is 23.7 Å². The Morgan fingerprint density at radius 3 is 2.32 bits per heavy atom. The molecule has 5 heteroatoms. The molecule has 3 rings (SSSR count). The lowest BCUT2D eigenvalue weighted by atomic mass is 9.81. The predicted molar refractivity (Wildman–Crippen MR) is 65.8 cm³/mol. The minimum absolute atomic E-state index is 0.143. The molecule has 3 fully saturated rings. The van der Waals surface area contributed by atoms with Gasteiger partial charge in [-0.3, -0.25) is 19.3 Å². The number of esters is 1. The second-order valence-electron chi connectivity index (χ2n) is 5.87. The lowest BCUT2D eigenvalue weighted by molar-refractivity contribution is -0.153. The highest BCUT2D eigenvalue weighted by Gasteiger charge is 2.61. The number of imide groups is 1. The van der Waals surface area contributed by atoms with Crippen LogP contribution in [0.1, 0.15) is 32.6 Å². The van der Waals surface area contributed by atoms with E-state index >= 15 is 0 Å². The highest BCUT2D eigenvalue weighted by Crippen LogP contribution is 2.55. The Hall–Kier alpha value is -1.39. The van der Waals surface area contributed by atoms with Gasteiger partial charge >= 0.3 is 5.97 Å². The summed E-state index contributed by atoms with van der Waals surface area (Å²) in [5, 5.41) is 0. The maximum Gasteiger partial charge on any atom is 0.326 e. The third-order valence-corrected chi connectivity index (χ3v) is 4.77. The van der Waals surface area contributed by atoms with Crippen molar-refractivity contribution in [2.75, 3.05) is 13.2 Å². The van der Waals surface area contributed by atoms with Crippen molar-refractivity contribution in [1.29, 1.82) is 0 Å². The molecule has 2 aliphatic carbocycles. The van der Waals surface area contributed by atoms with Crippen molar-refractivity contribution in [3.05, 3.63) is 0 Å².